The van der Waals surface area contributed by atoms with Crippen molar-refractivity contribution in [3.05, 3.63) is 0 Å². The van der Waals surface area contributed by atoms with Gasteiger partial charge in [-0.1, -0.05) is 13.8 Å². The second-order valence-electron chi connectivity index (χ2n) is 3.32. The maximum atomic E-state index is 11.5. The fourth-order valence-corrected chi connectivity index (χ4v) is 2.35. The van der Waals surface area contributed by atoms with E-state index in [1.54, 1.807) is 13.8 Å². The van der Waals surface area contributed by atoms with Crippen LogP contribution < -0.4 is 0 Å². The summed E-state index contributed by atoms with van der Waals surface area (Å²) in [6, 6.07) is -0.625. The number of carbonyl (C=O) groups excluding carboxylic acids is 1. The Labute approximate surface area is 81.3 Å². The Hall–Kier alpha value is -0.710. The minimum Gasteiger partial charge on any atom is -0.480 e. The van der Waals surface area contributed by atoms with Crippen molar-refractivity contribution in [2.24, 2.45) is 5.92 Å². The van der Waals surface area contributed by atoms with E-state index in [-0.39, 0.29) is 11.8 Å². The fraction of sp³-hybridized carbons (Fsp3) is 0.750. The molecule has 74 valence electrons. The molecule has 1 aliphatic heterocycles. The molecule has 0 aromatic carbocycles. The first-order chi connectivity index (χ1) is 6.04. The van der Waals surface area contributed by atoms with E-state index in [2.05, 4.69) is 0 Å². The van der Waals surface area contributed by atoms with Crippen molar-refractivity contribution in [2.75, 3.05) is 11.6 Å². The molecule has 1 fully saturated rings. The Morgan fingerprint density at radius 3 is 2.62 bits per heavy atom. The van der Waals surface area contributed by atoms with Crippen LogP contribution in [0.1, 0.15) is 13.8 Å². The quantitative estimate of drug-likeness (QED) is 0.715. The number of aliphatic carboxylic acids is 1. The summed E-state index contributed by atoms with van der Waals surface area (Å²) >= 11 is 1.49. The van der Waals surface area contributed by atoms with E-state index in [0.29, 0.717) is 11.6 Å². The van der Waals surface area contributed by atoms with E-state index in [0.717, 1.165) is 0 Å². The number of carboxylic acids is 1. The molecule has 0 spiro atoms. The van der Waals surface area contributed by atoms with Crippen LogP contribution in [0.25, 0.3) is 0 Å². The predicted octanol–water partition coefficient (Wildman–Crippen LogP) is 0.629. The minimum atomic E-state index is -0.904. The van der Waals surface area contributed by atoms with Gasteiger partial charge in [0.2, 0.25) is 5.91 Å². The first kappa shape index (κ1) is 10.4. The van der Waals surface area contributed by atoms with Gasteiger partial charge in [-0.3, -0.25) is 4.79 Å². The molecule has 4 nitrogen and oxygen atoms in total. The summed E-state index contributed by atoms with van der Waals surface area (Å²) in [5.74, 6) is -0.0844. The molecule has 1 heterocycles. The van der Waals surface area contributed by atoms with E-state index in [1.807, 2.05) is 0 Å². The summed E-state index contributed by atoms with van der Waals surface area (Å²) in [6.07, 6.45) is 0. The third-order valence-electron chi connectivity index (χ3n) is 1.94. The van der Waals surface area contributed by atoms with E-state index in [1.165, 1.54) is 16.7 Å². The zero-order chi connectivity index (χ0) is 10.0. The molecule has 0 radical (unpaired) electrons. The predicted molar refractivity (Wildman–Crippen MR) is 50.4 cm³/mol. The summed E-state index contributed by atoms with van der Waals surface area (Å²) in [5.41, 5.74) is 0. The molecule has 13 heavy (non-hydrogen) atoms. The molecule has 0 saturated carbocycles. The number of rotatable bonds is 2. The van der Waals surface area contributed by atoms with E-state index in [9.17, 15) is 9.59 Å². The van der Waals surface area contributed by atoms with E-state index in [4.69, 9.17) is 5.11 Å². The number of carbonyl (C=O) groups is 2. The van der Waals surface area contributed by atoms with Gasteiger partial charge in [-0.2, -0.15) is 0 Å². The Morgan fingerprint density at radius 2 is 2.15 bits per heavy atom. The zero-order valence-corrected chi connectivity index (χ0v) is 8.50. The molecule has 0 aliphatic carbocycles. The molecule has 1 rings (SSSR count). The third-order valence-corrected chi connectivity index (χ3v) is 2.96. The van der Waals surface area contributed by atoms with Crippen LogP contribution in [-0.2, 0) is 9.59 Å². The third kappa shape index (κ3) is 2.15. The number of hydrogen-bond donors (Lipinski definition) is 1. The van der Waals surface area contributed by atoms with Crippen molar-refractivity contribution >= 4 is 23.6 Å². The molecular formula is C8H13NO3S. The van der Waals surface area contributed by atoms with Gasteiger partial charge in [-0.25, -0.2) is 4.79 Å². The van der Waals surface area contributed by atoms with Crippen molar-refractivity contribution in [3.8, 4) is 0 Å². The van der Waals surface area contributed by atoms with Crippen LogP contribution in [0.2, 0.25) is 0 Å². The van der Waals surface area contributed by atoms with Gasteiger partial charge in [0.1, 0.15) is 6.04 Å². The summed E-state index contributed by atoms with van der Waals surface area (Å²) in [6.45, 7) is 3.56. The van der Waals surface area contributed by atoms with Gasteiger partial charge >= 0.3 is 5.97 Å². The van der Waals surface area contributed by atoms with Crippen molar-refractivity contribution in [1.29, 1.82) is 0 Å². The molecular weight excluding hydrogens is 190 g/mol. The van der Waals surface area contributed by atoms with E-state index >= 15 is 0 Å². The molecule has 0 bridgehead atoms. The molecule has 1 amide bonds. The molecule has 1 atom stereocenters. The van der Waals surface area contributed by atoms with Crippen LogP contribution in [0, 0.1) is 5.92 Å². The highest BCUT2D eigenvalue weighted by molar-refractivity contribution is 7.99. The standard InChI is InChI=1S/C8H13NO3S/c1-5(2)7(10)9-4-13-3-6(9)8(11)12/h5-6H,3-4H2,1-2H3,(H,11,12)/t6-/m0/s1. The smallest absolute Gasteiger partial charge is 0.327 e. The number of thioether (sulfide) groups is 1. The average molecular weight is 203 g/mol. The van der Waals surface area contributed by atoms with Crippen molar-refractivity contribution in [2.45, 2.75) is 19.9 Å². The van der Waals surface area contributed by atoms with Crippen molar-refractivity contribution < 1.29 is 14.7 Å². The maximum Gasteiger partial charge on any atom is 0.327 e. The van der Waals surface area contributed by atoms with Crippen molar-refractivity contribution in [3.63, 3.8) is 0 Å². The highest BCUT2D eigenvalue weighted by Gasteiger charge is 2.35. The van der Waals surface area contributed by atoms with Gasteiger partial charge in [-0.05, 0) is 0 Å². The molecule has 0 aromatic rings. The lowest BCUT2D eigenvalue weighted by molar-refractivity contribution is -0.148. The lowest BCUT2D eigenvalue weighted by Crippen LogP contribution is -2.43. The van der Waals surface area contributed by atoms with Gasteiger partial charge in [0.05, 0.1) is 5.88 Å². The topological polar surface area (TPSA) is 57.6 Å². The Bertz CT molecular complexity index is 229. The summed E-state index contributed by atoms with van der Waals surface area (Å²) < 4.78 is 0. The van der Waals surface area contributed by atoms with Gasteiger partial charge in [-0.15, -0.1) is 11.8 Å². The Morgan fingerprint density at radius 1 is 1.54 bits per heavy atom. The number of carboxylic acid groups (broad SMARTS) is 1. The summed E-state index contributed by atoms with van der Waals surface area (Å²) in [4.78, 5) is 23.7. The number of nitrogens with zero attached hydrogens (tertiary/aromatic N) is 1. The van der Waals surface area contributed by atoms with Crippen LogP contribution in [0.15, 0.2) is 0 Å². The van der Waals surface area contributed by atoms with Crippen LogP contribution >= 0.6 is 11.8 Å². The second-order valence-corrected chi connectivity index (χ2v) is 4.32. The van der Waals surface area contributed by atoms with Gasteiger partial charge in [0.25, 0.3) is 0 Å². The van der Waals surface area contributed by atoms with Gasteiger partial charge in [0.15, 0.2) is 0 Å². The first-order valence-corrected chi connectivity index (χ1v) is 5.30. The SMILES string of the molecule is CC(C)C(=O)N1CSC[C@H]1C(=O)O. The van der Waals surface area contributed by atoms with E-state index < -0.39 is 12.0 Å². The zero-order valence-electron chi connectivity index (χ0n) is 7.69. The first-order valence-electron chi connectivity index (χ1n) is 4.15. The lowest BCUT2D eigenvalue weighted by Gasteiger charge is -2.22. The highest BCUT2D eigenvalue weighted by Crippen LogP contribution is 2.22. The fourth-order valence-electron chi connectivity index (χ4n) is 1.20. The lowest BCUT2D eigenvalue weighted by atomic mass is 10.1. The van der Waals surface area contributed by atoms with Crippen LogP contribution in [0.3, 0.4) is 0 Å². The van der Waals surface area contributed by atoms with Gasteiger partial charge < -0.3 is 10.0 Å². The number of hydrogen-bond acceptors (Lipinski definition) is 3. The molecule has 0 aromatic heterocycles. The van der Waals surface area contributed by atoms with Crippen molar-refractivity contribution in [1.82, 2.24) is 4.90 Å². The normalized spacial score (nSPS) is 22.4. The maximum absolute atomic E-state index is 11.5. The molecule has 0 unspecified atom stereocenters. The Kier molecular flexibility index (Phi) is 3.19. The molecule has 1 saturated heterocycles. The van der Waals surface area contributed by atoms with Crippen LogP contribution in [0.4, 0.5) is 0 Å². The van der Waals surface area contributed by atoms with Gasteiger partial charge in [0, 0.05) is 11.7 Å². The molecule has 5 heteroatoms. The summed E-state index contributed by atoms with van der Waals surface area (Å²) in [7, 11) is 0. The molecule has 1 N–H and O–H groups in total. The largest absolute Gasteiger partial charge is 0.480 e. The minimum absolute atomic E-state index is 0.0719. The average Bonchev–Trinajstić information content (AvgIpc) is 2.50. The second kappa shape index (κ2) is 4.00. The number of amides is 1. The van der Waals surface area contributed by atoms with Crippen LogP contribution in [0.5, 0.6) is 0 Å². The van der Waals surface area contributed by atoms with Crippen LogP contribution in [-0.4, -0.2) is 39.6 Å². The summed E-state index contributed by atoms with van der Waals surface area (Å²) in [5, 5.41) is 8.81. The highest BCUT2D eigenvalue weighted by atomic mass is 32.2. The molecule has 1 aliphatic rings. The Balaban J connectivity index is 2.68. The monoisotopic (exact) mass is 203 g/mol.